The molecular weight excluding hydrogens is 452 g/mol. The van der Waals surface area contributed by atoms with Crippen LogP contribution < -0.4 is 10.2 Å². The van der Waals surface area contributed by atoms with E-state index < -0.39 is 4.92 Å². The van der Waals surface area contributed by atoms with Gasteiger partial charge in [-0.1, -0.05) is 25.6 Å². The summed E-state index contributed by atoms with van der Waals surface area (Å²) in [7, 11) is 1.59. The van der Waals surface area contributed by atoms with Crippen LogP contribution >= 0.6 is 11.8 Å². The molecule has 0 atom stereocenters. The average molecular weight is 477 g/mol. The summed E-state index contributed by atoms with van der Waals surface area (Å²) in [5.74, 6) is 2.38. The molecule has 1 heterocycles. The summed E-state index contributed by atoms with van der Waals surface area (Å²) < 4.78 is 5.23. The van der Waals surface area contributed by atoms with E-state index in [-0.39, 0.29) is 17.1 Å². The normalized spacial score (nSPS) is 10.9. The van der Waals surface area contributed by atoms with Gasteiger partial charge in [0.2, 0.25) is 0 Å². The van der Waals surface area contributed by atoms with E-state index in [1.54, 1.807) is 19.2 Å². The van der Waals surface area contributed by atoms with Crippen LogP contribution in [-0.4, -0.2) is 34.0 Å². The Labute approximate surface area is 202 Å². The predicted molar refractivity (Wildman–Crippen MR) is 133 cm³/mol. The minimum Gasteiger partial charge on any atom is -0.497 e. The van der Waals surface area contributed by atoms with Crippen molar-refractivity contribution in [2.75, 3.05) is 18.3 Å². The molecule has 0 amide bonds. The highest BCUT2D eigenvalue weighted by atomic mass is 32.2. The van der Waals surface area contributed by atoms with Gasteiger partial charge in [0.25, 0.3) is 5.69 Å². The number of aromatic nitrogens is 2. The van der Waals surface area contributed by atoms with Crippen LogP contribution in [0.25, 0.3) is 11.3 Å². The number of hydrazone groups is 1. The quantitative estimate of drug-likeness (QED) is 0.133. The first-order valence-corrected chi connectivity index (χ1v) is 11.5. The van der Waals surface area contributed by atoms with Crippen molar-refractivity contribution in [2.45, 2.75) is 25.4 Å². The third-order valence-electron chi connectivity index (χ3n) is 4.78. The lowest BCUT2D eigenvalue weighted by atomic mass is 10.1. The molecular formula is C24H24N6O3S. The molecule has 0 spiro atoms. The van der Waals surface area contributed by atoms with Crippen LogP contribution in [0.5, 0.6) is 5.75 Å². The van der Waals surface area contributed by atoms with Gasteiger partial charge in [-0.2, -0.15) is 10.4 Å². The van der Waals surface area contributed by atoms with E-state index in [1.807, 2.05) is 24.3 Å². The number of nitriles is 1. The van der Waals surface area contributed by atoms with Crippen molar-refractivity contribution in [1.82, 2.24) is 9.97 Å². The van der Waals surface area contributed by atoms with Gasteiger partial charge < -0.3 is 4.74 Å². The Bertz CT molecular complexity index is 1210. The molecule has 2 aromatic carbocycles. The van der Waals surface area contributed by atoms with Gasteiger partial charge in [0.15, 0.2) is 11.0 Å². The molecule has 0 aliphatic heterocycles. The SMILES string of the molecule is COc1ccc(-c2nc(SCCC(C)C)nc(N/N=C\c3ccc([N+](=O)[O-])cc3)c2C#N)cc1. The van der Waals surface area contributed by atoms with Crippen LogP contribution in [-0.2, 0) is 0 Å². The first-order valence-electron chi connectivity index (χ1n) is 10.5. The molecule has 9 nitrogen and oxygen atoms in total. The second kappa shape index (κ2) is 11.8. The number of hydrogen-bond acceptors (Lipinski definition) is 9. The van der Waals surface area contributed by atoms with Crippen molar-refractivity contribution in [3.63, 3.8) is 0 Å². The fourth-order valence-electron chi connectivity index (χ4n) is 2.89. The lowest BCUT2D eigenvalue weighted by Crippen LogP contribution is -2.04. The Hall–Kier alpha value is -3.97. The number of anilines is 1. The maximum absolute atomic E-state index is 10.8. The zero-order valence-electron chi connectivity index (χ0n) is 19.1. The van der Waals surface area contributed by atoms with E-state index >= 15 is 0 Å². The summed E-state index contributed by atoms with van der Waals surface area (Å²) >= 11 is 1.52. The Balaban J connectivity index is 1.92. The van der Waals surface area contributed by atoms with Crippen molar-refractivity contribution < 1.29 is 9.66 Å². The zero-order chi connectivity index (χ0) is 24.5. The molecule has 3 rings (SSSR count). The Morgan fingerprint density at radius 2 is 1.91 bits per heavy atom. The van der Waals surface area contributed by atoms with Crippen LogP contribution in [0.4, 0.5) is 11.5 Å². The molecule has 0 aliphatic carbocycles. The number of non-ortho nitro benzene ring substituents is 1. The van der Waals surface area contributed by atoms with Crippen molar-refractivity contribution in [2.24, 2.45) is 11.0 Å². The summed E-state index contributed by atoms with van der Waals surface area (Å²) in [5.41, 5.74) is 5.03. The summed E-state index contributed by atoms with van der Waals surface area (Å²) in [6, 6.07) is 15.5. The number of methoxy groups -OCH3 is 1. The van der Waals surface area contributed by atoms with Gasteiger partial charge >= 0.3 is 0 Å². The van der Waals surface area contributed by atoms with Gasteiger partial charge in [-0.15, -0.1) is 0 Å². The average Bonchev–Trinajstić information content (AvgIpc) is 2.84. The lowest BCUT2D eigenvalue weighted by Gasteiger charge is -2.11. The van der Waals surface area contributed by atoms with Gasteiger partial charge in [0, 0.05) is 23.4 Å². The second-order valence-electron chi connectivity index (χ2n) is 7.67. The van der Waals surface area contributed by atoms with Crippen LogP contribution in [0.3, 0.4) is 0 Å². The molecule has 0 fully saturated rings. The van der Waals surface area contributed by atoms with Crippen molar-refractivity contribution >= 4 is 29.5 Å². The Morgan fingerprint density at radius 3 is 2.50 bits per heavy atom. The standard InChI is InChI=1S/C24H24N6O3S/c1-16(2)12-13-34-24-27-22(18-6-10-20(33-3)11-7-18)21(14-25)23(28-24)29-26-15-17-4-8-19(9-5-17)30(31)32/h4-11,15-16H,12-13H2,1-3H3,(H,27,28,29)/b26-15-. The van der Waals surface area contributed by atoms with Crippen molar-refractivity contribution in [3.05, 3.63) is 69.8 Å². The van der Waals surface area contributed by atoms with E-state index in [2.05, 4.69) is 40.4 Å². The highest BCUT2D eigenvalue weighted by Crippen LogP contribution is 2.30. The van der Waals surface area contributed by atoms with Gasteiger partial charge in [-0.3, -0.25) is 15.5 Å². The number of benzene rings is 2. The topological polar surface area (TPSA) is 126 Å². The molecule has 0 saturated carbocycles. The minimum atomic E-state index is -0.460. The molecule has 0 bridgehead atoms. The monoisotopic (exact) mass is 476 g/mol. The fourth-order valence-corrected chi connectivity index (χ4v) is 3.97. The molecule has 34 heavy (non-hydrogen) atoms. The lowest BCUT2D eigenvalue weighted by molar-refractivity contribution is -0.384. The van der Waals surface area contributed by atoms with E-state index in [1.165, 1.54) is 30.1 Å². The zero-order valence-corrected chi connectivity index (χ0v) is 19.9. The number of ether oxygens (including phenoxy) is 1. The summed E-state index contributed by atoms with van der Waals surface area (Å²) in [6.45, 7) is 4.31. The van der Waals surface area contributed by atoms with Crippen LogP contribution in [0.2, 0.25) is 0 Å². The third kappa shape index (κ3) is 6.52. The number of hydrogen-bond donors (Lipinski definition) is 1. The van der Waals surface area contributed by atoms with Crippen molar-refractivity contribution in [3.8, 4) is 23.1 Å². The molecule has 174 valence electrons. The summed E-state index contributed by atoms with van der Waals surface area (Å²) in [6.07, 6.45) is 2.51. The van der Waals surface area contributed by atoms with Crippen LogP contribution in [0.1, 0.15) is 31.4 Å². The van der Waals surface area contributed by atoms with Gasteiger partial charge in [0.05, 0.1) is 23.9 Å². The molecule has 0 saturated heterocycles. The fraction of sp³-hybridized carbons (Fsp3) is 0.250. The first-order chi connectivity index (χ1) is 16.4. The molecule has 0 radical (unpaired) electrons. The third-order valence-corrected chi connectivity index (χ3v) is 5.66. The number of nitrogens with zero attached hydrogens (tertiary/aromatic N) is 5. The number of nitro benzene ring substituents is 1. The summed E-state index contributed by atoms with van der Waals surface area (Å²) in [5, 5.41) is 25.4. The maximum Gasteiger partial charge on any atom is 0.269 e. The highest BCUT2D eigenvalue weighted by Gasteiger charge is 2.17. The number of nitrogens with one attached hydrogen (secondary N) is 1. The van der Waals surface area contributed by atoms with E-state index in [4.69, 9.17) is 4.74 Å². The van der Waals surface area contributed by atoms with Gasteiger partial charge in [0.1, 0.15) is 17.4 Å². The second-order valence-corrected chi connectivity index (χ2v) is 8.73. The number of nitro groups is 1. The van der Waals surface area contributed by atoms with Gasteiger partial charge in [-0.05, 0) is 54.3 Å². The molecule has 1 aromatic heterocycles. The van der Waals surface area contributed by atoms with Crippen LogP contribution in [0.15, 0.2) is 58.8 Å². The minimum absolute atomic E-state index is 0.000117. The van der Waals surface area contributed by atoms with Gasteiger partial charge in [-0.25, -0.2) is 9.97 Å². The Morgan fingerprint density at radius 1 is 1.21 bits per heavy atom. The highest BCUT2D eigenvalue weighted by molar-refractivity contribution is 7.99. The number of rotatable bonds is 10. The Kier molecular flexibility index (Phi) is 8.54. The maximum atomic E-state index is 10.8. The van der Waals surface area contributed by atoms with E-state index in [9.17, 15) is 15.4 Å². The molecule has 0 aliphatic rings. The molecule has 3 aromatic rings. The van der Waals surface area contributed by atoms with E-state index in [0.717, 1.165) is 17.7 Å². The first kappa shape index (κ1) is 24.7. The smallest absolute Gasteiger partial charge is 0.269 e. The predicted octanol–water partition coefficient (Wildman–Crippen LogP) is 5.52. The molecule has 0 unspecified atom stereocenters. The van der Waals surface area contributed by atoms with E-state index in [0.29, 0.717) is 28.1 Å². The molecule has 1 N–H and O–H groups in total. The summed E-state index contributed by atoms with van der Waals surface area (Å²) in [4.78, 5) is 19.5. The van der Waals surface area contributed by atoms with Crippen LogP contribution in [0, 0.1) is 27.4 Å². The largest absolute Gasteiger partial charge is 0.497 e. The number of thioether (sulfide) groups is 1. The van der Waals surface area contributed by atoms with Crippen molar-refractivity contribution in [1.29, 1.82) is 5.26 Å². The molecule has 10 heteroatoms.